The molecule has 4 amide bonds. The van der Waals surface area contributed by atoms with Gasteiger partial charge >= 0.3 is 6.03 Å². The van der Waals surface area contributed by atoms with Crippen LogP contribution in [0.3, 0.4) is 0 Å². The molecule has 2 aliphatic heterocycles. The highest BCUT2D eigenvalue weighted by Gasteiger charge is 2.48. The average Bonchev–Trinajstić information content (AvgIpc) is 3.02. The van der Waals surface area contributed by atoms with Crippen LogP contribution in [-0.4, -0.2) is 82.9 Å². The Bertz CT molecular complexity index is 749. The number of hydrazone groups is 1. The maximum Gasteiger partial charge on any atom is 0.328 e. The molecule has 10 nitrogen and oxygen atoms in total. The zero-order chi connectivity index (χ0) is 18.0. The third kappa shape index (κ3) is 3.18. The van der Waals surface area contributed by atoms with Gasteiger partial charge in [0.2, 0.25) is 0 Å². The minimum Gasteiger partial charge on any atom is -0.338 e. The quantitative estimate of drug-likeness (QED) is 0.562. The van der Waals surface area contributed by atoms with Crippen molar-refractivity contribution >= 4 is 30.4 Å². The first kappa shape index (κ1) is 16.6. The van der Waals surface area contributed by atoms with Crippen LogP contribution in [0.2, 0.25) is 0 Å². The zero-order valence-corrected chi connectivity index (χ0v) is 13.7. The fourth-order valence-electron chi connectivity index (χ4n) is 2.67. The summed E-state index contributed by atoms with van der Waals surface area (Å²) in [4.78, 5) is 48.3. The lowest BCUT2D eigenvalue weighted by molar-refractivity contribution is -0.136. The van der Waals surface area contributed by atoms with E-state index in [1.165, 1.54) is 29.4 Å². The monoisotopic (exact) mass is 343 g/mol. The first-order valence-corrected chi connectivity index (χ1v) is 7.54. The number of aromatic nitrogens is 1. The van der Waals surface area contributed by atoms with Crippen LogP contribution in [0.5, 0.6) is 0 Å². The van der Waals surface area contributed by atoms with Crippen molar-refractivity contribution in [2.75, 3.05) is 20.6 Å². The Balaban J connectivity index is 1.61. The zero-order valence-electron chi connectivity index (χ0n) is 13.7. The Morgan fingerprint density at radius 2 is 2.20 bits per heavy atom. The molecule has 3 rings (SSSR count). The van der Waals surface area contributed by atoms with Gasteiger partial charge in [0.1, 0.15) is 6.54 Å². The maximum absolute atomic E-state index is 12.3. The van der Waals surface area contributed by atoms with E-state index in [1.54, 1.807) is 31.6 Å². The second-order valence-electron chi connectivity index (χ2n) is 5.67. The molecule has 2 aliphatic rings. The van der Waals surface area contributed by atoms with Gasteiger partial charge in [0, 0.05) is 32.1 Å². The number of urea groups is 1. The number of rotatable bonds is 4. The van der Waals surface area contributed by atoms with Crippen LogP contribution in [0.4, 0.5) is 4.79 Å². The summed E-state index contributed by atoms with van der Waals surface area (Å²) in [5.41, 5.74) is 3.14. The molecule has 0 aromatic carbocycles. The molecule has 3 heterocycles. The Hall–Kier alpha value is -3.30. The van der Waals surface area contributed by atoms with Crippen LogP contribution in [0.1, 0.15) is 5.56 Å². The van der Waals surface area contributed by atoms with E-state index < -0.39 is 30.1 Å². The van der Waals surface area contributed by atoms with Crippen LogP contribution in [0, 0.1) is 0 Å². The molecule has 1 saturated heterocycles. The normalized spacial score (nSPS) is 22.7. The van der Waals surface area contributed by atoms with E-state index in [0.717, 1.165) is 10.5 Å². The van der Waals surface area contributed by atoms with Crippen molar-refractivity contribution in [1.29, 1.82) is 0 Å². The number of hydrogen-bond donors (Lipinski definition) is 1. The average molecular weight is 343 g/mol. The molecular weight excluding hydrogens is 326 g/mol. The fraction of sp³-hybridized carbons (Fsp3) is 0.333. The first-order valence-electron chi connectivity index (χ1n) is 7.54. The molecule has 2 unspecified atom stereocenters. The molecule has 1 fully saturated rings. The van der Waals surface area contributed by atoms with Crippen molar-refractivity contribution in [3.05, 3.63) is 30.1 Å². The van der Waals surface area contributed by atoms with Crippen molar-refractivity contribution in [1.82, 2.24) is 25.1 Å². The Morgan fingerprint density at radius 3 is 2.92 bits per heavy atom. The largest absolute Gasteiger partial charge is 0.338 e. The van der Waals surface area contributed by atoms with Crippen molar-refractivity contribution < 1.29 is 14.4 Å². The van der Waals surface area contributed by atoms with E-state index in [2.05, 4.69) is 20.5 Å². The lowest BCUT2D eigenvalue weighted by Crippen LogP contribution is -2.64. The number of carbonyl (C=O) groups excluding carboxylic acids is 3. The van der Waals surface area contributed by atoms with E-state index in [4.69, 9.17) is 0 Å². The van der Waals surface area contributed by atoms with E-state index in [1.807, 2.05) is 0 Å². The van der Waals surface area contributed by atoms with Gasteiger partial charge in [-0.05, 0) is 6.07 Å². The minimum atomic E-state index is -0.708. The minimum absolute atomic E-state index is 0.101. The number of fused-ring (bicyclic) bond motifs is 1. The maximum atomic E-state index is 12.3. The Morgan fingerprint density at radius 1 is 1.40 bits per heavy atom. The number of aliphatic imine (C=N–C) groups is 1. The first-order chi connectivity index (χ1) is 12.0. The van der Waals surface area contributed by atoms with Gasteiger partial charge in [0.05, 0.1) is 12.6 Å². The Kier molecular flexibility index (Phi) is 4.42. The molecule has 0 bridgehead atoms. The summed E-state index contributed by atoms with van der Waals surface area (Å²) >= 11 is 0. The van der Waals surface area contributed by atoms with Crippen LogP contribution in [0.25, 0.3) is 0 Å². The molecule has 2 atom stereocenters. The summed E-state index contributed by atoms with van der Waals surface area (Å²) < 4.78 is 0. The Labute approximate surface area is 143 Å². The molecule has 130 valence electrons. The molecule has 0 aliphatic carbocycles. The molecular formula is C15H17N7O3. The number of amides is 4. The summed E-state index contributed by atoms with van der Waals surface area (Å²) in [7, 11) is 2.98. The highest BCUT2D eigenvalue weighted by Crippen LogP contribution is 2.24. The number of nitrogens with zero attached hydrogens (tertiary/aromatic N) is 6. The van der Waals surface area contributed by atoms with E-state index >= 15 is 0 Å². The van der Waals surface area contributed by atoms with Gasteiger partial charge in [-0.15, -0.1) is 0 Å². The molecule has 0 saturated carbocycles. The molecule has 10 heteroatoms. The summed E-state index contributed by atoms with van der Waals surface area (Å²) in [6, 6.07) is 2.42. The van der Waals surface area contributed by atoms with Crippen molar-refractivity contribution in [3.8, 4) is 0 Å². The highest BCUT2D eigenvalue weighted by molar-refractivity contribution is 6.02. The van der Waals surface area contributed by atoms with Crippen LogP contribution < -0.4 is 5.43 Å². The molecule has 25 heavy (non-hydrogen) atoms. The van der Waals surface area contributed by atoms with Crippen LogP contribution >= 0.6 is 0 Å². The summed E-state index contributed by atoms with van der Waals surface area (Å²) in [6.07, 6.45) is 5.51. The smallest absolute Gasteiger partial charge is 0.328 e. The van der Waals surface area contributed by atoms with Crippen LogP contribution in [0.15, 0.2) is 34.6 Å². The molecule has 1 aromatic rings. The number of pyridine rings is 1. The van der Waals surface area contributed by atoms with Gasteiger partial charge in [-0.3, -0.25) is 19.5 Å². The molecule has 0 spiro atoms. The molecule has 1 N–H and O–H groups in total. The predicted octanol–water partition coefficient (Wildman–Crippen LogP) is -0.906. The topological polar surface area (TPSA) is 111 Å². The van der Waals surface area contributed by atoms with Gasteiger partial charge in [-0.2, -0.15) is 5.10 Å². The summed E-state index contributed by atoms with van der Waals surface area (Å²) in [5, 5.41) is 3.85. The van der Waals surface area contributed by atoms with E-state index in [0.29, 0.717) is 0 Å². The van der Waals surface area contributed by atoms with Gasteiger partial charge in [-0.25, -0.2) is 15.2 Å². The molecule has 0 radical (unpaired) electrons. The third-order valence-electron chi connectivity index (χ3n) is 3.99. The predicted molar refractivity (Wildman–Crippen MR) is 88.7 cm³/mol. The lowest BCUT2D eigenvalue weighted by Gasteiger charge is -2.39. The van der Waals surface area contributed by atoms with Crippen molar-refractivity contribution in [3.63, 3.8) is 0 Å². The summed E-state index contributed by atoms with van der Waals surface area (Å²) in [5.74, 6) is -0.792. The van der Waals surface area contributed by atoms with Crippen molar-refractivity contribution in [2.24, 2.45) is 10.1 Å². The number of hydrogen-bond acceptors (Lipinski definition) is 7. The highest BCUT2D eigenvalue weighted by atomic mass is 16.2. The number of nitrogens with one attached hydrogen (secondary N) is 1. The van der Waals surface area contributed by atoms with Gasteiger partial charge < -0.3 is 9.80 Å². The standard InChI is InChI=1S/C15H17N7O3/c1-20-13-12(14(24)21(2)15(20)25)22(9-17-13)8-11(23)19-18-7-10-4-3-5-16-6-10/h3-7,9,12-13H,8H2,1-2H3,(H,19,23)/b18-7+. The number of carbonyl (C=O) groups is 3. The fourth-order valence-corrected chi connectivity index (χ4v) is 2.67. The number of likely N-dealkylation sites (N-methyl/N-ethyl adjacent to an activating group) is 2. The number of imide groups is 1. The van der Waals surface area contributed by atoms with Gasteiger partial charge in [0.25, 0.3) is 11.8 Å². The van der Waals surface area contributed by atoms with Crippen molar-refractivity contribution in [2.45, 2.75) is 12.2 Å². The molecule has 1 aromatic heterocycles. The van der Waals surface area contributed by atoms with Crippen LogP contribution in [-0.2, 0) is 9.59 Å². The van der Waals surface area contributed by atoms with Gasteiger partial charge in [-0.1, -0.05) is 6.07 Å². The van der Waals surface area contributed by atoms with E-state index in [9.17, 15) is 14.4 Å². The summed E-state index contributed by atoms with van der Waals surface area (Å²) in [6.45, 7) is -0.101. The van der Waals surface area contributed by atoms with Gasteiger partial charge in [0.15, 0.2) is 12.2 Å². The van der Waals surface area contributed by atoms with E-state index in [-0.39, 0.29) is 6.54 Å². The lowest BCUT2D eigenvalue weighted by atomic mass is 10.1. The third-order valence-corrected chi connectivity index (χ3v) is 3.99. The second-order valence-corrected chi connectivity index (χ2v) is 5.67. The SMILES string of the molecule is CN1C(=O)C2C(N=CN2CC(=O)N/N=C/c2cccnc2)N(C)C1=O. The second kappa shape index (κ2) is 6.67.